The molecule has 0 radical (unpaired) electrons. The Kier molecular flexibility index (Phi) is 9.12. The number of ether oxygens (including phenoxy) is 2. The lowest BCUT2D eigenvalue weighted by molar-refractivity contribution is -0.119. The molecule has 0 heterocycles. The molecule has 0 aromatic heterocycles. The quantitative estimate of drug-likeness (QED) is 0.169. The first-order valence-electron chi connectivity index (χ1n) is 10.4. The molecule has 3 aromatic carbocycles. The van der Waals surface area contributed by atoms with E-state index in [0.717, 1.165) is 0 Å². The van der Waals surface area contributed by atoms with Gasteiger partial charge >= 0.3 is 5.97 Å². The summed E-state index contributed by atoms with van der Waals surface area (Å²) in [6.07, 6.45) is 1.29. The first-order chi connectivity index (χ1) is 16.8. The molecule has 0 fully saturated rings. The van der Waals surface area contributed by atoms with Crippen molar-refractivity contribution in [3.8, 4) is 11.5 Å². The summed E-state index contributed by atoms with van der Waals surface area (Å²) in [7, 11) is -3.83. The van der Waals surface area contributed by atoms with Gasteiger partial charge in [-0.15, -0.1) is 0 Å². The molecule has 0 spiro atoms. The van der Waals surface area contributed by atoms with Crippen LogP contribution in [0.1, 0.15) is 22.8 Å². The summed E-state index contributed by atoms with van der Waals surface area (Å²) in [6.45, 7) is 1.87. The summed E-state index contributed by atoms with van der Waals surface area (Å²) in [6, 6.07) is 19.1. The molecule has 2 N–H and O–H groups in total. The van der Waals surface area contributed by atoms with Crippen molar-refractivity contribution in [1.29, 1.82) is 0 Å². The van der Waals surface area contributed by atoms with E-state index < -0.39 is 28.4 Å². The maximum atomic E-state index is 12.5. The molecule has 0 unspecified atom stereocenters. The smallest absolute Gasteiger partial charge is 0.343 e. The average Bonchev–Trinajstić information content (AvgIpc) is 2.85. The zero-order valence-electron chi connectivity index (χ0n) is 18.6. The van der Waals surface area contributed by atoms with Crippen molar-refractivity contribution in [3.63, 3.8) is 0 Å². The number of hydrogen-bond acceptors (Lipinski definition) is 7. The Hall–Kier alpha value is -3.54. The molecular formula is C24H22BrN3O6S. The lowest BCUT2D eigenvalue weighted by Crippen LogP contribution is -2.34. The van der Waals surface area contributed by atoms with Gasteiger partial charge in [-0.1, -0.05) is 34.1 Å². The van der Waals surface area contributed by atoms with Gasteiger partial charge < -0.3 is 9.47 Å². The van der Waals surface area contributed by atoms with Crippen molar-refractivity contribution in [2.45, 2.75) is 11.8 Å². The van der Waals surface area contributed by atoms with Gasteiger partial charge in [0.25, 0.3) is 5.91 Å². The van der Waals surface area contributed by atoms with Crippen LogP contribution in [0.4, 0.5) is 0 Å². The SMILES string of the molecule is CCOc1ccc(C(=O)Oc2ccc(Br)cc2C=NNC(=O)CNS(=O)(=O)c2ccccc2)cc1. The normalized spacial score (nSPS) is 11.3. The van der Waals surface area contributed by atoms with Crippen LogP contribution in [-0.2, 0) is 14.8 Å². The molecule has 0 aliphatic rings. The largest absolute Gasteiger partial charge is 0.494 e. The van der Waals surface area contributed by atoms with Gasteiger partial charge in [0.05, 0.1) is 29.8 Å². The molecule has 0 saturated heterocycles. The second-order valence-electron chi connectivity index (χ2n) is 6.96. The van der Waals surface area contributed by atoms with Gasteiger partial charge in [0, 0.05) is 10.0 Å². The lowest BCUT2D eigenvalue weighted by atomic mass is 10.2. The van der Waals surface area contributed by atoms with E-state index in [0.29, 0.717) is 28.0 Å². The van der Waals surface area contributed by atoms with E-state index in [9.17, 15) is 18.0 Å². The van der Waals surface area contributed by atoms with Gasteiger partial charge in [0.2, 0.25) is 10.0 Å². The fourth-order valence-electron chi connectivity index (χ4n) is 2.78. The fraction of sp³-hybridized carbons (Fsp3) is 0.125. The molecule has 35 heavy (non-hydrogen) atoms. The molecule has 11 heteroatoms. The minimum atomic E-state index is -3.83. The Morgan fingerprint density at radius 2 is 1.74 bits per heavy atom. The van der Waals surface area contributed by atoms with Gasteiger partial charge in [-0.3, -0.25) is 4.79 Å². The highest BCUT2D eigenvalue weighted by molar-refractivity contribution is 9.10. The van der Waals surface area contributed by atoms with E-state index in [1.54, 1.807) is 60.7 Å². The van der Waals surface area contributed by atoms with E-state index in [2.05, 4.69) is 31.2 Å². The molecule has 0 aliphatic heterocycles. The number of benzene rings is 3. The molecule has 0 saturated carbocycles. The number of sulfonamides is 1. The maximum absolute atomic E-state index is 12.5. The monoisotopic (exact) mass is 559 g/mol. The Labute approximate surface area is 211 Å². The summed E-state index contributed by atoms with van der Waals surface area (Å²) in [5.41, 5.74) is 2.98. The fourth-order valence-corrected chi connectivity index (χ4v) is 4.16. The molecule has 9 nitrogen and oxygen atoms in total. The minimum Gasteiger partial charge on any atom is -0.494 e. The highest BCUT2D eigenvalue weighted by atomic mass is 79.9. The second kappa shape index (κ2) is 12.2. The van der Waals surface area contributed by atoms with E-state index >= 15 is 0 Å². The maximum Gasteiger partial charge on any atom is 0.343 e. The molecule has 0 bridgehead atoms. The first kappa shape index (κ1) is 26.1. The number of hydrazone groups is 1. The van der Waals surface area contributed by atoms with Crippen LogP contribution in [0.25, 0.3) is 0 Å². The highest BCUT2D eigenvalue weighted by Gasteiger charge is 2.15. The van der Waals surface area contributed by atoms with Crippen LogP contribution in [0.2, 0.25) is 0 Å². The number of amides is 1. The predicted molar refractivity (Wildman–Crippen MR) is 134 cm³/mol. The summed E-state index contributed by atoms with van der Waals surface area (Å²) >= 11 is 3.34. The number of halogens is 1. The van der Waals surface area contributed by atoms with E-state index in [1.165, 1.54) is 18.3 Å². The van der Waals surface area contributed by atoms with Gasteiger partial charge in [-0.2, -0.15) is 5.10 Å². The third-order valence-electron chi connectivity index (χ3n) is 4.44. The third-order valence-corrected chi connectivity index (χ3v) is 6.36. The molecule has 0 atom stereocenters. The molecule has 3 rings (SSSR count). The Bertz CT molecular complexity index is 1310. The van der Waals surface area contributed by atoms with Gasteiger partial charge in [-0.25, -0.2) is 23.4 Å². The number of esters is 1. The van der Waals surface area contributed by atoms with Crippen molar-refractivity contribution in [2.24, 2.45) is 5.10 Å². The van der Waals surface area contributed by atoms with Crippen LogP contribution in [-0.4, -0.2) is 39.7 Å². The summed E-state index contributed by atoms with van der Waals surface area (Å²) in [5.74, 6) is -0.398. The van der Waals surface area contributed by atoms with Crippen LogP contribution in [0.3, 0.4) is 0 Å². The summed E-state index contributed by atoms with van der Waals surface area (Å²) in [5, 5.41) is 3.84. The van der Waals surface area contributed by atoms with Crippen LogP contribution < -0.4 is 19.6 Å². The number of nitrogens with one attached hydrogen (secondary N) is 2. The highest BCUT2D eigenvalue weighted by Crippen LogP contribution is 2.23. The van der Waals surface area contributed by atoms with Crippen molar-refractivity contribution >= 4 is 44.0 Å². The van der Waals surface area contributed by atoms with Crippen LogP contribution in [0.15, 0.2) is 87.3 Å². The van der Waals surface area contributed by atoms with Gasteiger partial charge in [0.15, 0.2) is 0 Å². The zero-order valence-corrected chi connectivity index (χ0v) is 21.0. The van der Waals surface area contributed by atoms with E-state index in [4.69, 9.17) is 9.47 Å². The van der Waals surface area contributed by atoms with E-state index in [1.807, 2.05) is 6.92 Å². The van der Waals surface area contributed by atoms with Crippen molar-refractivity contribution < 1.29 is 27.5 Å². The molecule has 0 aliphatic carbocycles. The predicted octanol–water partition coefficient (Wildman–Crippen LogP) is 3.50. The van der Waals surface area contributed by atoms with Crippen molar-refractivity contribution in [1.82, 2.24) is 10.1 Å². The zero-order chi connectivity index (χ0) is 25.3. The van der Waals surface area contributed by atoms with E-state index in [-0.39, 0.29) is 10.6 Å². The van der Waals surface area contributed by atoms with Gasteiger partial charge in [0.1, 0.15) is 11.5 Å². The van der Waals surface area contributed by atoms with Crippen molar-refractivity contribution in [2.75, 3.05) is 13.2 Å². The second-order valence-corrected chi connectivity index (χ2v) is 9.64. The molecular weight excluding hydrogens is 538 g/mol. The summed E-state index contributed by atoms with van der Waals surface area (Å²) < 4.78 is 38.1. The number of carbonyl (C=O) groups is 2. The lowest BCUT2D eigenvalue weighted by Gasteiger charge is -2.09. The topological polar surface area (TPSA) is 123 Å². The first-order valence-corrected chi connectivity index (χ1v) is 12.7. The number of rotatable bonds is 10. The third kappa shape index (κ3) is 7.74. The average molecular weight is 560 g/mol. The minimum absolute atomic E-state index is 0.0458. The summed E-state index contributed by atoms with van der Waals surface area (Å²) in [4.78, 5) is 24.6. The van der Waals surface area contributed by atoms with Crippen LogP contribution in [0.5, 0.6) is 11.5 Å². The molecule has 182 valence electrons. The number of carbonyl (C=O) groups excluding carboxylic acids is 2. The molecule has 3 aromatic rings. The standard InChI is InChI=1S/C24H22BrN3O6S/c1-2-33-20-11-8-17(9-12-20)24(30)34-22-13-10-19(25)14-18(22)15-26-28-23(29)16-27-35(31,32)21-6-4-3-5-7-21/h3-15,27H,2,16H2,1H3,(H,28,29). The number of hydrogen-bond donors (Lipinski definition) is 2. The number of nitrogens with zero attached hydrogens (tertiary/aromatic N) is 1. The van der Waals surface area contributed by atoms with Crippen molar-refractivity contribution in [3.05, 3.63) is 88.4 Å². The van der Waals surface area contributed by atoms with Gasteiger partial charge in [-0.05, 0) is 61.5 Å². The Morgan fingerprint density at radius 1 is 1.03 bits per heavy atom. The van der Waals surface area contributed by atoms with Crippen LogP contribution in [0, 0.1) is 0 Å². The Balaban J connectivity index is 1.61. The Morgan fingerprint density at radius 3 is 2.43 bits per heavy atom. The molecule has 1 amide bonds. The van der Waals surface area contributed by atoms with Crippen LogP contribution >= 0.6 is 15.9 Å².